The Bertz CT molecular complexity index is 510. The maximum Gasteiger partial charge on any atom is 0.211 e. The van der Waals surface area contributed by atoms with Gasteiger partial charge in [-0.2, -0.15) is 4.31 Å². The monoisotopic (exact) mass is 270 g/mol. The van der Waals surface area contributed by atoms with E-state index in [1.165, 1.54) is 10.6 Å². The summed E-state index contributed by atoms with van der Waals surface area (Å²) in [6, 6.07) is 1.93. The molecule has 2 heterocycles. The summed E-state index contributed by atoms with van der Waals surface area (Å²) in [4.78, 5) is 6.21. The summed E-state index contributed by atoms with van der Waals surface area (Å²) in [6.45, 7) is 2.85. The number of nitrogens with zero attached hydrogens (tertiary/aromatic N) is 3. The molecule has 2 rings (SSSR count). The highest BCUT2D eigenvalue weighted by atomic mass is 32.2. The van der Waals surface area contributed by atoms with Crippen molar-refractivity contribution >= 4 is 15.7 Å². The average molecular weight is 270 g/mol. The fraction of sp³-hybridized carbons (Fsp3) is 0.545. The minimum Gasteiger partial charge on any atom is -0.369 e. The Hall–Kier alpha value is -1.18. The average Bonchev–Trinajstić information content (AvgIpc) is 2.38. The molecule has 6 nitrogen and oxygen atoms in total. The van der Waals surface area contributed by atoms with Gasteiger partial charge in [0, 0.05) is 56.4 Å². The van der Waals surface area contributed by atoms with E-state index in [2.05, 4.69) is 9.88 Å². The maximum atomic E-state index is 11.4. The number of anilines is 1. The van der Waals surface area contributed by atoms with Crippen LogP contribution in [0.2, 0.25) is 0 Å². The second kappa shape index (κ2) is 5.21. The highest BCUT2D eigenvalue weighted by molar-refractivity contribution is 7.88. The van der Waals surface area contributed by atoms with E-state index in [1.54, 1.807) is 12.4 Å². The van der Waals surface area contributed by atoms with Crippen LogP contribution in [0.25, 0.3) is 0 Å². The molecule has 0 bridgehead atoms. The van der Waals surface area contributed by atoms with Crippen LogP contribution in [0.3, 0.4) is 0 Å². The lowest BCUT2D eigenvalue weighted by Gasteiger charge is -2.35. The largest absolute Gasteiger partial charge is 0.369 e. The number of nitrogens with two attached hydrogens (primary N) is 1. The van der Waals surface area contributed by atoms with Gasteiger partial charge in [-0.25, -0.2) is 8.42 Å². The Morgan fingerprint density at radius 2 is 2.00 bits per heavy atom. The van der Waals surface area contributed by atoms with Crippen LogP contribution in [0.5, 0.6) is 0 Å². The van der Waals surface area contributed by atoms with Gasteiger partial charge in [0.05, 0.1) is 6.26 Å². The van der Waals surface area contributed by atoms with Crippen molar-refractivity contribution in [2.75, 3.05) is 37.3 Å². The summed E-state index contributed by atoms with van der Waals surface area (Å²) in [5, 5.41) is 0. The van der Waals surface area contributed by atoms with Crippen molar-refractivity contribution < 1.29 is 8.42 Å². The van der Waals surface area contributed by atoms with Crippen LogP contribution in [0, 0.1) is 0 Å². The minimum absolute atomic E-state index is 0.440. The van der Waals surface area contributed by atoms with Crippen molar-refractivity contribution in [3.63, 3.8) is 0 Å². The van der Waals surface area contributed by atoms with Crippen molar-refractivity contribution in [1.82, 2.24) is 9.29 Å². The molecule has 1 aromatic rings. The van der Waals surface area contributed by atoms with E-state index in [9.17, 15) is 8.42 Å². The molecular formula is C11H18N4O2S. The van der Waals surface area contributed by atoms with Crippen molar-refractivity contribution in [3.05, 3.63) is 24.0 Å². The highest BCUT2D eigenvalue weighted by Gasteiger charge is 2.24. The standard InChI is InChI=1S/C11H18N4O2S/c1-18(16,17)15-6-4-14(5-7-15)11-2-3-13-9-10(11)8-12/h2-3,9H,4-8,12H2,1H3. The zero-order valence-corrected chi connectivity index (χ0v) is 11.2. The second-order valence-corrected chi connectivity index (χ2v) is 6.34. The second-order valence-electron chi connectivity index (χ2n) is 4.36. The molecule has 1 aliphatic rings. The van der Waals surface area contributed by atoms with Crippen molar-refractivity contribution in [2.45, 2.75) is 6.54 Å². The van der Waals surface area contributed by atoms with Gasteiger partial charge in [0.15, 0.2) is 0 Å². The highest BCUT2D eigenvalue weighted by Crippen LogP contribution is 2.20. The summed E-state index contributed by atoms with van der Waals surface area (Å²) < 4.78 is 24.4. The Kier molecular flexibility index (Phi) is 3.84. The van der Waals surface area contributed by atoms with Crippen molar-refractivity contribution in [3.8, 4) is 0 Å². The summed E-state index contributed by atoms with van der Waals surface area (Å²) in [6.07, 6.45) is 4.75. The van der Waals surface area contributed by atoms with E-state index in [-0.39, 0.29) is 0 Å². The lowest BCUT2D eigenvalue weighted by molar-refractivity contribution is 0.388. The quantitative estimate of drug-likeness (QED) is 0.810. The number of sulfonamides is 1. The van der Waals surface area contributed by atoms with Crippen LogP contribution >= 0.6 is 0 Å². The molecule has 7 heteroatoms. The third kappa shape index (κ3) is 2.80. The van der Waals surface area contributed by atoms with Gasteiger partial charge in [0.1, 0.15) is 0 Å². The molecular weight excluding hydrogens is 252 g/mol. The van der Waals surface area contributed by atoms with Gasteiger partial charge in [0.2, 0.25) is 10.0 Å². The van der Waals surface area contributed by atoms with E-state index < -0.39 is 10.0 Å². The van der Waals surface area contributed by atoms with Gasteiger partial charge in [-0.1, -0.05) is 0 Å². The number of piperazine rings is 1. The predicted octanol–water partition coefficient (Wildman–Crippen LogP) is -0.378. The molecule has 0 aliphatic carbocycles. The third-order valence-electron chi connectivity index (χ3n) is 3.15. The van der Waals surface area contributed by atoms with Crippen molar-refractivity contribution in [2.24, 2.45) is 5.73 Å². The molecule has 0 unspecified atom stereocenters. The number of aromatic nitrogens is 1. The van der Waals surface area contributed by atoms with Gasteiger partial charge in [0.25, 0.3) is 0 Å². The molecule has 1 aromatic heterocycles. The number of rotatable bonds is 3. The van der Waals surface area contributed by atoms with Gasteiger partial charge in [-0.15, -0.1) is 0 Å². The molecule has 0 radical (unpaired) electrons. The summed E-state index contributed by atoms with van der Waals surface area (Å²) in [5.74, 6) is 0. The molecule has 0 atom stereocenters. The molecule has 0 aromatic carbocycles. The molecule has 0 amide bonds. The summed E-state index contributed by atoms with van der Waals surface area (Å²) in [7, 11) is -3.08. The number of pyridine rings is 1. The predicted molar refractivity (Wildman–Crippen MR) is 70.8 cm³/mol. The summed E-state index contributed by atoms with van der Waals surface area (Å²) in [5.41, 5.74) is 7.73. The van der Waals surface area contributed by atoms with Crippen LogP contribution in [0.1, 0.15) is 5.56 Å². The minimum atomic E-state index is -3.08. The first kappa shape index (κ1) is 13.3. The zero-order chi connectivity index (χ0) is 13.2. The van der Waals surface area contributed by atoms with Gasteiger partial charge >= 0.3 is 0 Å². The van der Waals surface area contributed by atoms with E-state index in [0.29, 0.717) is 32.7 Å². The topological polar surface area (TPSA) is 79.5 Å². The third-order valence-corrected chi connectivity index (χ3v) is 4.45. The van der Waals surface area contributed by atoms with Crippen LogP contribution in [0.15, 0.2) is 18.5 Å². The van der Waals surface area contributed by atoms with Gasteiger partial charge in [-0.3, -0.25) is 4.98 Å². The molecule has 0 saturated carbocycles. The van der Waals surface area contributed by atoms with Crippen LogP contribution in [-0.2, 0) is 16.6 Å². The SMILES string of the molecule is CS(=O)(=O)N1CCN(c2ccncc2CN)CC1. The van der Waals surface area contributed by atoms with E-state index in [4.69, 9.17) is 5.73 Å². The first-order valence-corrected chi connectivity index (χ1v) is 7.70. The van der Waals surface area contributed by atoms with Crippen LogP contribution in [0.4, 0.5) is 5.69 Å². The van der Waals surface area contributed by atoms with Crippen LogP contribution < -0.4 is 10.6 Å². The van der Waals surface area contributed by atoms with Gasteiger partial charge < -0.3 is 10.6 Å². The number of hydrogen-bond donors (Lipinski definition) is 1. The molecule has 1 saturated heterocycles. The fourth-order valence-electron chi connectivity index (χ4n) is 2.15. The molecule has 2 N–H and O–H groups in total. The van der Waals surface area contributed by atoms with Gasteiger partial charge in [-0.05, 0) is 6.07 Å². The Balaban J connectivity index is 2.10. The lowest BCUT2D eigenvalue weighted by Crippen LogP contribution is -2.48. The van der Waals surface area contributed by atoms with E-state index in [0.717, 1.165) is 11.3 Å². The van der Waals surface area contributed by atoms with Crippen LogP contribution in [-0.4, -0.2) is 50.1 Å². The summed E-state index contributed by atoms with van der Waals surface area (Å²) >= 11 is 0. The lowest BCUT2D eigenvalue weighted by atomic mass is 10.2. The molecule has 0 spiro atoms. The van der Waals surface area contributed by atoms with E-state index in [1.807, 2.05) is 6.07 Å². The smallest absolute Gasteiger partial charge is 0.211 e. The molecule has 100 valence electrons. The van der Waals surface area contributed by atoms with Crippen molar-refractivity contribution in [1.29, 1.82) is 0 Å². The molecule has 1 aliphatic heterocycles. The Morgan fingerprint density at radius 3 is 2.56 bits per heavy atom. The normalized spacial score (nSPS) is 18.0. The molecule has 1 fully saturated rings. The molecule has 18 heavy (non-hydrogen) atoms. The Labute approximate surface area is 107 Å². The number of hydrogen-bond acceptors (Lipinski definition) is 5. The first-order chi connectivity index (χ1) is 8.52. The Morgan fingerprint density at radius 1 is 1.33 bits per heavy atom. The van der Waals surface area contributed by atoms with E-state index >= 15 is 0 Å². The fourth-order valence-corrected chi connectivity index (χ4v) is 2.97. The zero-order valence-electron chi connectivity index (χ0n) is 10.4. The maximum absolute atomic E-state index is 11.4. The first-order valence-electron chi connectivity index (χ1n) is 5.85.